The van der Waals surface area contributed by atoms with Gasteiger partial charge in [0.05, 0.1) is 6.61 Å². The van der Waals surface area contributed by atoms with Crippen LogP contribution in [0.15, 0.2) is 30.3 Å². The van der Waals surface area contributed by atoms with Crippen molar-refractivity contribution in [1.82, 2.24) is 4.98 Å². The molecule has 0 aliphatic rings. The van der Waals surface area contributed by atoms with Gasteiger partial charge in [-0.2, -0.15) is 0 Å². The Labute approximate surface area is 93.8 Å². The van der Waals surface area contributed by atoms with Gasteiger partial charge >= 0.3 is 0 Å². The molecule has 0 saturated carbocycles. The van der Waals surface area contributed by atoms with Crippen molar-refractivity contribution < 1.29 is 4.74 Å². The number of aromatic nitrogens is 1. The third-order valence-corrected chi connectivity index (χ3v) is 2.41. The van der Waals surface area contributed by atoms with E-state index in [0.717, 1.165) is 17.2 Å². The summed E-state index contributed by atoms with van der Waals surface area (Å²) in [6, 6.07) is 9.79. The minimum atomic E-state index is 0.499. The fourth-order valence-electron chi connectivity index (χ4n) is 1.41. The lowest BCUT2D eigenvalue weighted by Gasteiger charge is -2.06. The molecule has 0 aliphatic heterocycles. The third-order valence-electron chi connectivity index (χ3n) is 2.12. The number of pyridine rings is 1. The summed E-state index contributed by atoms with van der Waals surface area (Å²) < 4.78 is 5.45. The van der Waals surface area contributed by atoms with Crippen LogP contribution in [0.25, 0.3) is 10.8 Å². The van der Waals surface area contributed by atoms with Crippen LogP contribution in [0, 0.1) is 0 Å². The van der Waals surface area contributed by atoms with Gasteiger partial charge in [-0.05, 0) is 11.8 Å². The van der Waals surface area contributed by atoms with E-state index in [1.807, 2.05) is 30.3 Å². The lowest BCUT2D eigenvalue weighted by Crippen LogP contribution is -1.97. The Balaban J connectivity index is 2.43. The zero-order valence-electron chi connectivity index (χ0n) is 8.53. The summed E-state index contributed by atoms with van der Waals surface area (Å²) in [4.78, 5) is 4.18. The van der Waals surface area contributed by atoms with E-state index in [1.54, 1.807) is 0 Å². The van der Waals surface area contributed by atoms with Crippen molar-refractivity contribution >= 4 is 22.4 Å². The molecule has 0 atom stereocenters. The average Bonchev–Trinajstić information content (AvgIpc) is 2.26. The number of rotatable bonds is 3. The number of ether oxygens (including phenoxy) is 1. The van der Waals surface area contributed by atoms with Gasteiger partial charge in [0.25, 0.3) is 0 Å². The van der Waals surface area contributed by atoms with Crippen LogP contribution < -0.4 is 4.74 Å². The first kappa shape index (κ1) is 10.2. The molecule has 0 unspecified atom stereocenters. The number of fused-ring (bicyclic) bond motifs is 1. The number of hydrogen-bond acceptors (Lipinski definition) is 2. The van der Waals surface area contributed by atoms with Gasteiger partial charge in [0.2, 0.25) is 5.88 Å². The van der Waals surface area contributed by atoms with Crippen LogP contribution >= 0.6 is 11.6 Å². The molecule has 0 saturated heterocycles. The predicted octanol–water partition coefficient (Wildman–Crippen LogP) is 3.68. The molecule has 0 spiro atoms. The van der Waals surface area contributed by atoms with Gasteiger partial charge in [0.15, 0.2) is 0 Å². The lowest BCUT2D eigenvalue weighted by molar-refractivity contribution is 0.306. The minimum Gasteiger partial charge on any atom is -0.478 e. The summed E-state index contributed by atoms with van der Waals surface area (Å²) in [6.45, 7) is 2.73. The van der Waals surface area contributed by atoms with Crippen LogP contribution in [-0.4, -0.2) is 11.6 Å². The number of hydrogen-bond donors (Lipinski definition) is 0. The van der Waals surface area contributed by atoms with Crippen molar-refractivity contribution in [2.24, 2.45) is 0 Å². The molecule has 0 amide bonds. The van der Waals surface area contributed by atoms with E-state index in [4.69, 9.17) is 16.3 Å². The molecule has 1 aromatic heterocycles. The molecular weight excluding hydrogens is 210 g/mol. The van der Waals surface area contributed by atoms with Crippen LogP contribution in [0.3, 0.4) is 0 Å². The Morgan fingerprint density at radius 3 is 2.93 bits per heavy atom. The average molecular weight is 222 g/mol. The summed E-state index contributed by atoms with van der Waals surface area (Å²) >= 11 is 6.05. The molecule has 0 bridgehead atoms. The first-order chi connectivity index (χ1) is 7.31. The van der Waals surface area contributed by atoms with Gasteiger partial charge < -0.3 is 4.74 Å². The van der Waals surface area contributed by atoms with E-state index in [2.05, 4.69) is 11.9 Å². The van der Waals surface area contributed by atoms with Gasteiger partial charge in [-0.15, -0.1) is 0 Å². The molecule has 2 nitrogen and oxygen atoms in total. The number of nitrogens with zero attached hydrogens (tertiary/aromatic N) is 1. The predicted molar refractivity (Wildman–Crippen MR) is 62.5 cm³/mol. The van der Waals surface area contributed by atoms with Crippen molar-refractivity contribution in [3.05, 3.63) is 35.5 Å². The Hall–Kier alpha value is -1.28. The maximum absolute atomic E-state index is 6.05. The lowest BCUT2D eigenvalue weighted by atomic mass is 10.2. The SMILES string of the molecule is CCCOc1cc2ccccc2c(Cl)n1. The summed E-state index contributed by atoms with van der Waals surface area (Å²) in [5.41, 5.74) is 0. The highest BCUT2D eigenvalue weighted by Gasteiger charge is 2.03. The highest BCUT2D eigenvalue weighted by molar-refractivity contribution is 6.34. The van der Waals surface area contributed by atoms with Crippen LogP contribution in [-0.2, 0) is 0 Å². The molecule has 0 fully saturated rings. The van der Waals surface area contributed by atoms with Gasteiger partial charge in [0, 0.05) is 11.5 Å². The normalized spacial score (nSPS) is 10.5. The van der Waals surface area contributed by atoms with Crippen molar-refractivity contribution in [1.29, 1.82) is 0 Å². The molecule has 78 valence electrons. The zero-order chi connectivity index (χ0) is 10.7. The van der Waals surface area contributed by atoms with Crippen molar-refractivity contribution in [2.75, 3.05) is 6.61 Å². The Kier molecular flexibility index (Phi) is 3.07. The molecule has 3 heteroatoms. The molecule has 0 radical (unpaired) electrons. The van der Waals surface area contributed by atoms with Gasteiger partial charge in [-0.3, -0.25) is 0 Å². The van der Waals surface area contributed by atoms with Gasteiger partial charge in [-0.25, -0.2) is 4.98 Å². The van der Waals surface area contributed by atoms with Crippen LogP contribution in [0.4, 0.5) is 0 Å². The summed E-state index contributed by atoms with van der Waals surface area (Å²) in [6.07, 6.45) is 0.964. The number of benzene rings is 1. The first-order valence-electron chi connectivity index (χ1n) is 4.99. The van der Waals surface area contributed by atoms with Crippen molar-refractivity contribution in [2.45, 2.75) is 13.3 Å². The molecule has 1 heterocycles. The summed E-state index contributed by atoms with van der Waals surface area (Å²) in [5, 5.41) is 2.52. The first-order valence-corrected chi connectivity index (χ1v) is 5.37. The van der Waals surface area contributed by atoms with Crippen LogP contribution in [0.5, 0.6) is 5.88 Å². The maximum Gasteiger partial charge on any atom is 0.215 e. The van der Waals surface area contributed by atoms with E-state index in [1.165, 1.54) is 0 Å². The van der Waals surface area contributed by atoms with E-state index < -0.39 is 0 Å². The second-order valence-electron chi connectivity index (χ2n) is 3.32. The fourth-order valence-corrected chi connectivity index (χ4v) is 1.67. The topological polar surface area (TPSA) is 22.1 Å². The van der Waals surface area contributed by atoms with E-state index >= 15 is 0 Å². The monoisotopic (exact) mass is 221 g/mol. The molecule has 0 N–H and O–H groups in total. The fraction of sp³-hybridized carbons (Fsp3) is 0.250. The molecule has 2 rings (SSSR count). The quantitative estimate of drug-likeness (QED) is 0.738. The second kappa shape index (κ2) is 4.49. The molecule has 15 heavy (non-hydrogen) atoms. The Morgan fingerprint density at radius 1 is 1.33 bits per heavy atom. The van der Waals surface area contributed by atoms with E-state index in [-0.39, 0.29) is 0 Å². The van der Waals surface area contributed by atoms with Crippen molar-refractivity contribution in [3.8, 4) is 5.88 Å². The van der Waals surface area contributed by atoms with E-state index in [9.17, 15) is 0 Å². The van der Waals surface area contributed by atoms with E-state index in [0.29, 0.717) is 17.6 Å². The second-order valence-corrected chi connectivity index (χ2v) is 3.68. The number of halogens is 1. The maximum atomic E-state index is 6.05. The zero-order valence-corrected chi connectivity index (χ0v) is 9.29. The van der Waals surface area contributed by atoms with Crippen LogP contribution in [0.1, 0.15) is 13.3 Å². The summed E-state index contributed by atoms with van der Waals surface area (Å²) in [5.74, 6) is 0.598. The highest BCUT2D eigenvalue weighted by Crippen LogP contribution is 2.25. The van der Waals surface area contributed by atoms with Gasteiger partial charge in [0.1, 0.15) is 5.15 Å². The Morgan fingerprint density at radius 2 is 2.13 bits per heavy atom. The summed E-state index contributed by atoms with van der Waals surface area (Å²) in [7, 11) is 0. The largest absolute Gasteiger partial charge is 0.478 e. The van der Waals surface area contributed by atoms with Gasteiger partial charge in [-0.1, -0.05) is 42.8 Å². The third kappa shape index (κ3) is 2.21. The van der Waals surface area contributed by atoms with Crippen LogP contribution in [0.2, 0.25) is 5.15 Å². The highest BCUT2D eigenvalue weighted by atomic mass is 35.5. The Bertz CT molecular complexity index is 470. The smallest absolute Gasteiger partial charge is 0.215 e. The molecular formula is C12H12ClNO. The minimum absolute atomic E-state index is 0.499. The molecule has 0 aliphatic carbocycles. The standard InChI is InChI=1S/C12H12ClNO/c1-2-7-15-11-8-9-5-3-4-6-10(9)12(13)14-11/h3-6,8H,2,7H2,1H3. The molecule has 2 aromatic rings. The van der Waals surface area contributed by atoms with Crippen molar-refractivity contribution in [3.63, 3.8) is 0 Å². The molecule has 1 aromatic carbocycles.